The lowest BCUT2D eigenvalue weighted by atomic mass is 10.3. The molecule has 0 atom stereocenters. The molecule has 0 saturated heterocycles. The van der Waals surface area contributed by atoms with Crippen molar-refractivity contribution in [3.8, 4) is 0 Å². The molecule has 0 saturated carbocycles. The first kappa shape index (κ1) is 9.51. The Hall–Kier alpha value is -0.580. The third kappa shape index (κ3) is 1.77. The average molecular weight is 240 g/mol. The minimum Gasteiger partial charge on any atom is -0.248 e. The third-order valence-corrected chi connectivity index (χ3v) is 1.97. The lowest BCUT2D eigenvalue weighted by molar-refractivity contribution is 0.144. The van der Waals surface area contributed by atoms with Gasteiger partial charge in [-0.25, -0.2) is 18.2 Å². The molecule has 0 radical (unpaired) electrons. The molecule has 1 rings (SSSR count). The van der Waals surface area contributed by atoms with E-state index in [0.717, 1.165) is 6.07 Å². The highest BCUT2D eigenvalue weighted by Crippen LogP contribution is 2.26. The minimum atomic E-state index is -2.68. The maximum atomic E-state index is 12.7. The number of rotatable bonds is 1. The maximum Gasteiger partial charge on any atom is 0.281 e. The Labute approximate surface area is 75.7 Å². The van der Waals surface area contributed by atoms with Gasteiger partial charge in [0.2, 0.25) is 0 Å². The zero-order valence-corrected chi connectivity index (χ0v) is 7.70. The number of alkyl halides is 2. The quantitative estimate of drug-likeness (QED) is 0.734. The van der Waals surface area contributed by atoms with Crippen LogP contribution in [0.2, 0.25) is 0 Å². The van der Waals surface area contributed by atoms with Crippen LogP contribution in [0.5, 0.6) is 0 Å². The van der Waals surface area contributed by atoms with E-state index in [-0.39, 0.29) is 10.2 Å². The van der Waals surface area contributed by atoms with E-state index in [9.17, 15) is 13.2 Å². The van der Waals surface area contributed by atoms with Gasteiger partial charge in [0.15, 0.2) is 0 Å². The lowest BCUT2D eigenvalue weighted by Crippen LogP contribution is -1.97. The molecule has 1 heterocycles. The van der Waals surface area contributed by atoms with Gasteiger partial charge in [-0.1, -0.05) is 0 Å². The van der Waals surface area contributed by atoms with Crippen molar-refractivity contribution in [1.82, 2.24) is 4.98 Å². The van der Waals surface area contributed by atoms with Gasteiger partial charge >= 0.3 is 0 Å². The highest BCUT2D eigenvalue weighted by atomic mass is 79.9. The van der Waals surface area contributed by atoms with Crippen LogP contribution in [0.15, 0.2) is 10.5 Å². The number of pyridine rings is 1. The van der Waals surface area contributed by atoms with E-state index in [1.807, 2.05) is 0 Å². The van der Waals surface area contributed by atoms with E-state index < -0.39 is 17.9 Å². The van der Waals surface area contributed by atoms with Crippen molar-refractivity contribution in [2.75, 3.05) is 0 Å². The van der Waals surface area contributed by atoms with Gasteiger partial charge < -0.3 is 0 Å². The van der Waals surface area contributed by atoms with E-state index in [1.165, 1.54) is 6.92 Å². The average Bonchev–Trinajstić information content (AvgIpc) is 1.96. The van der Waals surface area contributed by atoms with E-state index in [4.69, 9.17) is 0 Å². The van der Waals surface area contributed by atoms with E-state index in [2.05, 4.69) is 20.9 Å². The second-order valence-electron chi connectivity index (χ2n) is 2.22. The molecule has 0 unspecified atom stereocenters. The topological polar surface area (TPSA) is 12.9 Å². The second-order valence-corrected chi connectivity index (χ2v) is 3.08. The normalized spacial score (nSPS) is 10.8. The van der Waals surface area contributed by atoms with Gasteiger partial charge in [0.25, 0.3) is 6.43 Å². The summed E-state index contributed by atoms with van der Waals surface area (Å²) < 4.78 is 36.9. The molecule has 0 aliphatic carbocycles. The molecule has 1 aromatic rings. The Morgan fingerprint density at radius 1 is 1.50 bits per heavy atom. The molecule has 5 heteroatoms. The minimum absolute atomic E-state index is 0.000556. The van der Waals surface area contributed by atoms with Gasteiger partial charge in [-0.2, -0.15) is 0 Å². The van der Waals surface area contributed by atoms with Crippen LogP contribution in [0.25, 0.3) is 0 Å². The third-order valence-electron chi connectivity index (χ3n) is 1.34. The number of hydrogen-bond acceptors (Lipinski definition) is 1. The SMILES string of the molecule is Cc1nc(C(F)F)c(Br)cc1F. The predicted octanol–water partition coefficient (Wildman–Crippen LogP) is 3.23. The summed E-state index contributed by atoms with van der Waals surface area (Å²) in [6.45, 7) is 1.34. The Morgan fingerprint density at radius 3 is 2.58 bits per heavy atom. The summed E-state index contributed by atoms with van der Waals surface area (Å²) in [5.74, 6) is -0.591. The van der Waals surface area contributed by atoms with E-state index in [0.29, 0.717) is 0 Å². The standard InChI is InChI=1S/C7H5BrF3N/c1-3-5(9)2-4(8)6(12-3)7(10)11/h2,7H,1H3. The highest BCUT2D eigenvalue weighted by molar-refractivity contribution is 9.10. The molecule has 0 fully saturated rings. The van der Waals surface area contributed by atoms with Crippen LogP contribution in [-0.4, -0.2) is 4.98 Å². The zero-order valence-electron chi connectivity index (χ0n) is 6.11. The van der Waals surface area contributed by atoms with Crippen LogP contribution in [0.4, 0.5) is 13.2 Å². The summed E-state index contributed by atoms with van der Waals surface area (Å²) in [7, 11) is 0. The van der Waals surface area contributed by atoms with Crippen LogP contribution in [0, 0.1) is 12.7 Å². The molecule has 0 N–H and O–H groups in total. The fraction of sp³-hybridized carbons (Fsp3) is 0.286. The number of aromatic nitrogens is 1. The molecule has 0 spiro atoms. The van der Waals surface area contributed by atoms with Gasteiger partial charge in [-0.15, -0.1) is 0 Å². The largest absolute Gasteiger partial charge is 0.281 e. The summed E-state index contributed by atoms with van der Waals surface area (Å²) in [4.78, 5) is 3.40. The van der Waals surface area contributed by atoms with E-state index in [1.54, 1.807) is 0 Å². The highest BCUT2D eigenvalue weighted by Gasteiger charge is 2.15. The van der Waals surface area contributed by atoms with Gasteiger partial charge in [-0.3, -0.25) is 0 Å². The van der Waals surface area contributed by atoms with Gasteiger partial charge in [0.1, 0.15) is 11.5 Å². The summed E-state index contributed by atoms with van der Waals surface area (Å²) in [6, 6.07) is 0.990. The fourth-order valence-corrected chi connectivity index (χ4v) is 1.19. The van der Waals surface area contributed by atoms with Crippen LogP contribution in [0.3, 0.4) is 0 Å². The Balaban J connectivity index is 3.23. The molecular formula is C7H5BrF3N. The van der Waals surface area contributed by atoms with Crippen molar-refractivity contribution in [1.29, 1.82) is 0 Å². The molecule has 0 aliphatic heterocycles. The zero-order chi connectivity index (χ0) is 9.30. The van der Waals surface area contributed by atoms with Crippen molar-refractivity contribution >= 4 is 15.9 Å². The molecule has 0 bridgehead atoms. The lowest BCUT2D eigenvalue weighted by Gasteiger charge is -2.03. The number of nitrogens with zero attached hydrogens (tertiary/aromatic N) is 1. The van der Waals surface area contributed by atoms with Crippen molar-refractivity contribution < 1.29 is 13.2 Å². The number of aryl methyl sites for hydroxylation is 1. The Morgan fingerprint density at radius 2 is 2.08 bits per heavy atom. The van der Waals surface area contributed by atoms with Crippen molar-refractivity contribution in [2.45, 2.75) is 13.3 Å². The molecule has 1 nitrogen and oxygen atoms in total. The summed E-state index contributed by atoms with van der Waals surface area (Å²) in [5.41, 5.74) is -0.442. The van der Waals surface area contributed by atoms with Crippen LogP contribution in [-0.2, 0) is 0 Å². The fourth-order valence-electron chi connectivity index (χ4n) is 0.730. The first-order chi connectivity index (χ1) is 5.52. The summed E-state index contributed by atoms with van der Waals surface area (Å²) in [6.07, 6.45) is -2.68. The monoisotopic (exact) mass is 239 g/mol. The van der Waals surface area contributed by atoms with E-state index >= 15 is 0 Å². The Bertz CT molecular complexity index is 301. The molecule has 12 heavy (non-hydrogen) atoms. The predicted molar refractivity (Wildman–Crippen MR) is 41.6 cm³/mol. The van der Waals surface area contributed by atoms with Gasteiger partial charge in [0.05, 0.1) is 5.69 Å². The smallest absolute Gasteiger partial charge is 0.248 e. The first-order valence-corrected chi connectivity index (χ1v) is 3.92. The number of hydrogen-bond donors (Lipinski definition) is 0. The molecule has 0 aliphatic rings. The van der Waals surface area contributed by atoms with Crippen molar-refractivity contribution in [3.05, 3.63) is 27.7 Å². The molecular weight excluding hydrogens is 235 g/mol. The van der Waals surface area contributed by atoms with Crippen molar-refractivity contribution in [3.63, 3.8) is 0 Å². The summed E-state index contributed by atoms with van der Waals surface area (Å²) in [5, 5.41) is 0. The van der Waals surface area contributed by atoms with Crippen LogP contribution >= 0.6 is 15.9 Å². The molecule has 66 valence electrons. The molecule has 0 amide bonds. The van der Waals surface area contributed by atoms with Crippen LogP contribution in [0.1, 0.15) is 17.8 Å². The molecule has 0 aromatic carbocycles. The van der Waals surface area contributed by atoms with Gasteiger partial charge in [0, 0.05) is 4.47 Å². The molecule has 1 aromatic heterocycles. The first-order valence-electron chi connectivity index (χ1n) is 3.13. The van der Waals surface area contributed by atoms with Crippen molar-refractivity contribution in [2.24, 2.45) is 0 Å². The van der Waals surface area contributed by atoms with Gasteiger partial charge in [-0.05, 0) is 28.9 Å². The number of halogens is 4. The maximum absolute atomic E-state index is 12.7. The van der Waals surface area contributed by atoms with Crippen LogP contribution < -0.4 is 0 Å². The Kier molecular flexibility index (Phi) is 2.72. The second kappa shape index (κ2) is 3.43. The summed E-state index contributed by atoms with van der Waals surface area (Å²) >= 11 is 2.80.